The second-order valence-electron chi connectivity index (χ2n) is 23.1. The largest absolute Gasteiger partial charge is 0.462 e. The van der Waals surface area contributed by atoms with E-state index in [9.17, 15) is 14.4 Å². The monoisotopic (exact) mass is 1150 g/mol. The highest BCUT2D eigenvalue weighted by molar-refractivity contribution is 5.72. The maximum atomic E-state index is 12.9. The van der Waals surface area contributed by atoms with Gasteiger partial charge in [-0.1, -0.05) is 316 Å². The highest BCUT2D eigenvalue weighted by Gasteiger charge is 2.19. The van der Waals surface area contributed by atoms with Crippen molar-refractivity contribution < 1.29 is 28.6 Å². The van der Waals surface area contributed by atoms with Gasteiger partial charge >= 0.3 is 17.9 Å². The number of esters is 3. The Balaban J connectivity index is 4.31. The van der Waals surface area contributed by atoms with Gasteiger partial charge < -0.3 is 14.2 Å². The predicted molar refractivity (Wildman–Crippen MR) is 362 cm³/mol. The summed E-state index contributed by atoms with van der Waals surface area (Å²) in [6.45, 7) is 6.42. The van der Waals surface area contributed by atoms with E-state index >= 15 is 0 Å². The smallest absolute Gasteiger partial charge is 0.309 e. The molecule has 6 heteroatoms. The van der Waals surface area contributed by atoms with E-state index < -0.39 is 12.1 Å². The predicted octanol–water partition coefficient (Wildman–Crippen LogP) is 24.3. The van der Waals surface area contributed by atoms with Crippen molar-refractivity contribution in [2.24, 2.45) is 0 Å². The van der Waals surface area contributed by atoms with Crippen molar-refractivity contribution in [3.05, 3.63) is 122 Å². The highest BCUT2D eigenvalue weighted by Crippen LogP contribution is 2.17. The molecular weight excluding hydrogens is 1020 g/mol. The van der Waals surface area contributed by atoms with Crippen molar-refractivity contribution in [3.63, 3.8) is 0 Å². The van der Waals surface area contributed by atoms with Gasteiger partial charge in [-0.25, -0.2) is 0 Å². The third-order valence-electron chi connectivity index (χ3n) is 15.0. The minimum atomic E-state index is -0.829. The number of hydrogen-bond acceptors (Lipinski definition) is 6. The molecule has 0 radical (unpaired) electrons. The van der Waals surface area contributed by atoms with Crippen LogP contribution in [0.2, 0.25) is 0 Å². The van der Waals surface area contributed by atoms with E-state index in [2.05, 4.69) is 130 Å². The van der Waals surface area contributed by atoms with Crippen LogP contribution >= 0.6 is 0 Å². The summed E-state index contributed by atoms with van der Waals surface area (Å²) in [7, 11) is 0. The molecule has 0 aliphatic carbocycles. The molecule has 0 aromatic rings. The van der Waals surface area contributed by atoms with Crippen LogP contribution in [0.15, 0.2) is 122 Å². The molecule has 0 rings (SSSR count). The van der Waals surface area contributed by atoms with Crippen molar-refractivity contribution in [2.75, 3.05) is 13.2 Å². The Morgan fingerprint density at radius 2 is 0.518 bits per heavy atom. The molecule has 0 N–H and O–H groups in total. The third kappa shape index (κ3) is 68.5. The molecule has 6 nitrogen and oxygen atoms in total. The number of carbonyl (C=O) groups is 3. The Bertz CT molecular complexity index is 1700. The number of allylic oxidation sites excluding steroid dienone is 19. The lowest BCUT2D eigenvalue weighted by molar-refractivity contribution is -0.166. The SMILES string of the molecule is CC/C=C\C/C=C\C/C=C\C/C=C\C/C=C\CC(=O)OCC(COC(=O)CCCCCCCCCCCCCCCCCCCCC/C=C\C/C=C\CCCCCCC)OC(=O)CCCCCCCC/C=C\C/C=C\C/C=C\CCCCC. The van der Waals surface area contributed by atoms with Crippen molar-refractivity contribution in [2.45, 2.75) is 335 Å². The topological polar surface area (TPSA) is 78.9 Å². The molecule has 0 spiro atoms. The fraction of sp³-hybridized carbons (Fsp3) is 0.701. The van der Waals surface area contributed by atoms with Crippen LogP contribution in [0.3, 0.4) is 0 Å². The zero-order valence-electron chi connectivity index (χ0n) is 54.4. The standard InChI is InChI=1S/C77H130O6/c1-4-7-10-13-16-19-22-25-28-30-32-33-34-35-36-37-38-39-40-41-42-43-45-46-49-52-55-58-61-64-67-70-76(79)82-73-74(72-81-75(78)69-66-63-60-57-54-51-48-27-24-21-18-15-12-9-6-3)83-77(80)71-68-65-62-59-56-53-50-47-44-31-29-26-23-20-17-14-11-8-5-2/h9,12,17-18,20-22,25-27,29-30,32,44,47-48,54,57,63,66,74H,4-8,10-11,13-16,19,23-24,28,31,33-43,45-46,49-53,55-56,58-62,64-65,67-73H2,1-3H3/b12-9-,20-17-,21-18-,25-22-,29-26-,32-30-,47-44-,48-27-,57-54-,66-63-. The van der Waals surface area contributed by atoms with Crippen LogP contribution in [0.25, 0.3) is 0 Å². The fourth-order valence-electron chi connectivity index (χ4n) is 9.73. The van der Waals surface area contributed by atoms with E-state index in [4.69, 9.17) is 14.2 Å². The van der Waals surface area contributed by atoms with Crippen LogP contribution in [0, 0.1) is 0 Å². The van der Waals surface area contributed by atoms with Gasteiger partial charge in [0.2, 0.25) is 0 Å². The lowest BCUT2D eigenvalue weighted by atomic mass is 10.0. The third-order valence-corrected chi connectivity index (χ3v) is 15.0. The van der Waals surface area contributed by atoms with Gasteiger partial charge in [0, 0.05) is 12.8 Å². The summed E-state index contributed by atoms with van der Waals surface area (Å²) in [5.41, 5.74) is 0. The molecule has 1 atom stereocenters. The van der Waals surface area contributed by atoms with Gasteiger partial charge in [-0.3, -0.25) is 14.4 Å². The van der Waals surface area contributed by atoms with Gasteiger partial charge in [-0.2, -0.15) is 0 Å². The molecule has 0 aromatic heterocycles. The first kappa shape index (κ1) is 78.8. The quantitative estimate of drug-likeness (QED) is 0.0261. The minimum absolute atomic E-state index is 0.113. The maximum absolute atomic E-state index is 12.9. The number of rotatable bonds is 63. The zero-order chi connectivity index (χ0) is 59.9. The van der Waals surface area contributed by atoms with Crippen molar-refractivity contribution in [1.82, 2.24) is 0 Å². The lowest BCUT2D eigenvalue weighted by Gasteiger charge is -2.18. The number of carbonyl (C=O) groups excluding carboxylic acids is 3. The summed E-state index contributed by atoms with van der Waals surface area (Å²) in [5.74, 6) is -1.05. The van der Waals surface area contributed by atoms with Crippen LogP contribution < -0.4 is 0 Å². The van der Waals surface area contributed by atoms with Crippen molar-refractivity contribution in [3.8, 4) is 0 Å². The summed E-state index contributed by atoms with van der Waals surface area (Å²) in [6, 6.07) is 0. The molecule has 0 bridgehead atoms. The first-order chi connectivity index (χ1) is 41.0. The fourth-order valence-corrected chi connectivity index (χ4v) is 9.73. The molecule has 0 saturated carbocycles. The van der Waals surface area contributed by atoms with Crippen LogP contribution in [-0.4, -0.2) is 37.2 Å². The average molecular weight is 1150 g/mol. The van der Waals surface area contributed by atoms with E-state index in [1.165, 1.54) is 186 Å². The van der Waals surface area contributed by atoms with Crippen LogP contribution in [-0.2, 0) is 28.6 Å². The molecule has 474 valence electrons. The van der Waals surface area contributed by atoms with Gasteiger partial charge in [0.05, 0.1) is 6.42 Å². The Kier molecular flexibility index (Phi) is 66.7. The zero-order valence-corrected chi connectivity index (χ0v) is 54.4. The van der Waals surface area contributed by atoms with E-state index in [0.29, 0.717) is 12.8 Å². The first-order valence-electron chi connectivity index (χ1n) is 35.0. The number of hydrogen-bond donors (Lipinski definition) is 0. The van der Waals surface area contributed by atoms with Gasteiger partial charge in [-0.15, -0.1) is 0 Å². The first-order valence-corrected chi connectivity index (χ1v) is 35.0. The van der Waals surface area contributed by atoms with Crippen molar-refractivity contribution in [1.29, 1.82) is 0 Å². The summed E-state index contributed by atoms with van der Waals surface area (Å²) in [5, 5.41) is 0. The average Bonchev–Trinajstić information content (AvgIpc) is 3.50. The van der Waals surface area contributed by atoms with Crippen LogP contribution in [0.5, 0.6) is 0 Å². The normalized spacial score (nSPS) is 12.9. The summed E-state index contributed by atoms with van der Waals surface area (Å²) in [4.78, 5) is 38.3. The Morgan fingerprint density at radius 1 is 0.265 bits per heavy atom. The molecule has 83 heavy (non-hydrogen) atoms. The Hall–Kier alpha value is -4.19. The minimum Gasteiger partial charge on any atom is -0.462 e. The van der Waals surface area contributed by atoms with Crippen LogP contribution in [0.4, 0.5) is 0 Å². The molecule has 0 aliphatic rings. The lowest BCUT2D eigenvalue weighted by Crippen LogP contribution is -2.30. The molecule has 0 saturated heterocycles. The van der Waals surface area contributed by atoms with Crippen LogP contribution in [0.1, 0.15) is 329 Å². The van der Waals surface area contributed by atoms with Gasteiger partial charge in [0.1, 0.15) is 13.2 Å². The summed E-state index contributed by atoms with van der Waals surface area (Å²) >= 11 is 0. The molecule has 0 aromatic carbocycles. The number of unbranched alkanes of at least 4 members (excludes halogenated alkanes) is 33. The Morgan fingerprint density at radius 3 is 0.867 bits per heavy atom. The molecule has 0 aliphatic heterocycles. The van der Waals surface area contributed by atoms with E-state index in [0.717, 1.165) is 103 Å². The second kappa shape index (κ2) is 70.3. The number of ether oxygens (including phenoxy) is 3. The molecular formula is C77H130O6. The van der Waals surface area contributed by atoms with Crippen molar-refractivity contribution >= 4 is 17.9 Å². The molecule has 0 heterocycles. The van der Waals surface area contributed by atoms with Gasteiger partial charge in [0.25, 0.3) is 0 Å². The second-order valence-corrected chi connectivity index (χ2v) is 23.1. The maximum Gasteiger partial charge on any atom is 0.309 e. The highest BCUT2D eigenvalue weighted by atomic mass is 16.6. The molecule has 0 amide bonds. The summed E-state index contributed by atoms with van der Waals surface area (Å²) < 4.78 is 16.8. The molecule has 1 unspecified atom stereocenters. The van der Waals surface area contributed by atoms with E-state index in [1.54, 1.807) is 6.08 Å². The van der Waals surface area contributed by atoms with Gasteiger partial charge in [0.15, 0.2) is 6.10 Å². The van der Waals surface area contributed by atoms with Gasteiger partial charge in [-0.05, 0) is 116 Å². The Labute approximate surface area is 513 Å². The molecule has 0 fully saturated rings. The van der Waals surface area contributed by atoms with E-state index in [-0.39, 0.29) is 31.6 Å². The van der Waals surface area contributed by atoms with E-state index in [1.807, 2.05) is 6.08 Å². The summed E-state index contributed by atoms with van der Waals surface area (Å²) in [6.07, 6.45) is 98.3.